The number of hydrogen-bond donors (Lipinski definition) is 4. The zero-order valence-corrected chi connectivity index (χ0v) is 11.9. The predicted octanol–water partition coefficient (Wildman–Crippen LogP) is 0.645. The van der Waals surface area contributed by atoms with E-state index in [1.54, 1.807) is 26.2 Å². The first kappa shape index (κ1) is 15.6. The summed E-state index contributed by atoms with van der Waals surface area (Å²) in [4.78, 5) is 23.0. The van der Waals surface area contributed by atoms with Gasteiger partial charge in [0.2, 0.25) is 0 Å². The molecule has 110 valence electrons. The Bertz CT molecular complexity index is 503. The van der Waals surface area contributed by atoms with Crippen LogP contribution in [-0.4, -0.2) is 39.6 Å². The molecule has 0 saturated carbocycles. The molecule has 0 bridgehead atoms. The molecule has 0 aliphatic carbocycles. The molecule has 20 heavy (non-hydrogen) atoms. The quantitative estimate of drug-likeness (QED) is 0.450. The Morgan fingerprint density at radius 1 is 1.20 bits per heavy atom. The molecule has 0 aliphatic rings. The fourth-order valence-electron chi connectivity index (χ4n) is 1.70. The Morgan fingerprint density at radius 3 is 2.40 bits per heavy atom. The van der Waals surface area contributed by atoms with Crippen molar-refractivity contribution >= 4 is 28.9 Å². The third-order valence-corrected chi connectivity index (χ3v) is 2.82. The van der Waals surface area contributed by atoms with E-state index in [4.69, 9.17) is 5.73 Å². The van der Waals surface area contributed by atoms with Crippen molar-refractivity contribution in [3.05, 3.63) is 17.7 Å². The van der Waals surface area contributed by atoms with Gasteiger partial charge in [-0.25, -0.2) is 0 Å². The van der Waals surface area contributed by atoms with E-state index in [2.05, 4.69) is 20.7 Å². The molecule has 7 nitrogen and oxygen atoms in total. The second-order valence-electron chi connectivity index (χ2n) is 4.07. The number of ether oxygens (including phenoxy) is 1. The molecule has 0 atom stereocenters. The molecule has 1 amide bonds. The number of rotatable bonds is 6. The molecule has 0 saturated heterocycles. The number of nitrogen functional groups attached to an aromatic ring is 1. The Balaban J connectivity index is 2.81. The number of methoxy groups -OCH3 is 1. The maximum atomic E-state index is 12.1. The summed E-state index contributed by atoms with van der Waals surface area (Å²) < 4.78 is 4.50. The first-order valence-electron chi connectivity index (χ1n) is 6.17. The topological polar surface area (TPSA) is 105 Å². The summed E-state index contributed by atoms with van der Waals surface area (Å²) in [5.41, 5.74) is 8.14. The molecule has 1 aromatic carbocycles. The molecule has 0 spiro atoms. The minimum Gasteiger partial charge on any atom is -0.469 e. The van der Waals surface area contributed by atoms with E-state index >= 15 is 0 Å². The third kappa shape index (κ3) is 3.78. The lowest BCUT2D eigenvalue weighted by molar-refractivity contribution is -0.140. The molecule has 5 N–H and O–H groups in total. The Labute approximate surface area is 117 Å². The summed E-state index contributed by atoms with van der Waals surface area (Å²) in [6, 6.07) is 3.34. The molecule has 7 heteroatoms. The summed E-state index contributed by atoms with van der Waals surface area (Å²) in [6.07, 6.45) is 0.126. The molecule has 0 fully saturated rings. The number of nitrogens with two attached hydrogens (primary N) is 1. The van der Waals surface area contributed by atoms with Gasteiger partial charge in [0.25, 0.3) is 5.91 Å². The minimum absolute atomic E-state index is 0.126. The van der Waals surface area contributed by atoms with Gasteiger partial charge in [-0.05, 0) is 12.1 Å². The smallest absolute Gasteiger partial charge is 0.307 e. The highest BCUT2D eigenvalue weighted by molar-refractivity contribution is 6.02. The first-order valence-corrected chi connectivity index (χ1v) is 6.17. The van der Waals surface area contributed by atoms with Gasteiger partial charge in [-0.1, -0.05) is 0 Å². The predicted molar refractivity (Wildman–Crippen MR) is 78.9 cm³/mol. The van der Waals surface area contributed by atoms with Gasteiger partial charge in [0.05, 0.1) is 30.5 Å². The van der Waals surface area contributed by atoms with Crippen LogP contribution in [0.1, 0.15) is 16.8 Å². The number of benzene rings is 1. The van der Waals surface area contributed by atoms with Crippen LogP contribution in [0, 0.1) is 0 Å². The van der Waals surface area contributed by atoms with Crippen LogP contribution in [0.25, 0.3) is 0 Å². The summed E-state index contributed by atoms with van der Waals surface area (Å²) in [5.74, 6) is -0.670. The zero-order valence-electron chi connectivity index (χ0n) is 11.9. The van der Waals surface area contributed by atoms with E-state index in [1.807, 2.05) is 0 Å². The number of esters is 1. The lowest BCUT2D eigenvalue weighted by Gasteiger charge is -2.13. The Morgan fingerprint density at radius 2 is 1.85 bits per heavy atom. The van der Waals surface area contributed by atoms with E-state index < -0.39 is 0 Å². The van der Waals surface area contributed by atoms with Crippen molar-refractivity contribution in [1.29, 1.82) is 0 Å². The molecule has 0 unspecified atom stereocenters. The average Bonchev–Trinajstić information content (AvgIpc) is 2.46. The molecule has 0 heterocycles. The van der Waals surface area contributed by atoms with E-state index in [0.717, 1.165) is 5.69 Å². The molecular formula is C13H20N4O3. The highest BCUT2D eigenvalue weighted by Crippen LogP contribution is 2.26. The van der Waals surface area contributed by atoms with Gasteiger partial charge in [-0.3, -0.25) is 9.59 Å². The monoisotopic (exact) mass is 280 g/mol. The highest BCUT2D eigenvalue weighted by Gasteiger charge is 2.14. The lowest BCUT2D eigenvalue weighted by Crippen LogP contribution is -2.27. The summed E-state index contributed by atoms with van der Waals surface area (Å²) in [7, 11) is 4.78. The first-order chi connectivity index (χ1) is 9.53. The number of anilines is 3. The van der Waals surface area contributed by atoms with Crippen molar-refractivity contribution in [2.45, 2.75) is 6.42 Å². The van der Waals surface area contributed by atoms with Gasteiger partial charge in [0, 0.05) is 26.3 Å². The van der Waals surface area contributed by atoms with Crippen molar-refractivity contribution < 1.29 is 14.3 Å². The fraction of sp³-hybridized carbons (Fsp3) is 0.385. The van der Waals surface area contributed by atoms with Crippen molar-refractivity contribution in [2.75, 3.05) is 44.1 Å². The normalized spacial score (nSPS) is 9.75. The molecule has 0 aliphatic heterocycles. The number of carbonyl (C=O) groups excluding carboxylic acids is 2. The van der Waals surface area contributed by atoms with Gasteiger partial charge < -0.3 is 26.4 Å². The average molecular weight is 280 g/mol. The van der Waals surface area contributed by atoms with Crippen LogP contribution < -0.4 is 21.7 Å². The Kier molecular flexibility index (Phi) is 5.64. The van der Waals surface area contributed by atoms with Gasteiger partial charge in [-0.15, -0.1) is 0 Å². The second-order valence-corrected chi connectivity index (χ2v) is 4.07. The summed E-state index contributed by atoms with van der Waals surface area (Å²) in [6.45, 7) is 0.211. The summed E-state index contributed by atoms with van der Waals surface area (Å²) in [5, 5.41) is 8.53. The van der Waals surface area contributed by atoms with E-state index in [-0.39, 0.29) is 24.8 Å². The van der Waals surface area contributed by atoms with Crippen molar-refractivity contribution in [2.24, 2.45) is 0 Å². The number of carbonyl (C=O) groups is 2. The highest BCUT2D eigenvalue weighted by atomic mass is 16.5. The summed E-state index contributed by atoms with van der Waals surface area (Å²) >= 11 is 0. The van der Waals surface area contributed by atoms with Crippen LogP contribution in [-0.2, 0) is 9.53 Å². The Hall–Kier alpha value is -2.44. The van der Waals surface area contributed by atoms with Crippen molar-refractivity contribution in [3.8, 4) is 0 Å². The van der Waals surface area contributed by atoms with Crippen molar-refractivity contribution in [1.82, 2.24) is 5.32 Å². The van der Waals surface area contributed by atoms with Crippen LogP contribution in [0.3, 0.4) is 0 Å². The maximum absolute atomic E-state index is 12.1. The molecule has 0 radical (unpaired) electrons. The minimum atomic E-state index is -0.371. The van der Waals surface area contributed by atoms with Crippen LogP contribution in [0.4, 0.5) is 17.1 Å². The van der Waals surface area contributed by atoms with E-state index in [9.17, 15) is 9.59 Å². The van der Waals surface area contributed by atoms with E-state index in [1.165, 1.54) is 7.11 Å². The van der Waals surface area contributed by atoms with Crippen LogP contribution in [0.2, 0.25) is 0 Å². The lowest BCUT2D eigenvalue weighted by atomic mass is 10.1. The van der Waals surface area contributed by atoms with Crippen LogP contribution in [0.15, 0.2) is 12.1 Å². The van der Waals surface area contributed by atoms with Crippen LogP contribution >= 0.6 is 0 Å². The second kappa shape index (κ2) is 7.22. The third-order valence-electron chi connectivity index (χ3n) is 2.82. The SMILES string of the molecule is CNc1cc(NC)c(C(=O)NCCC(=O)OC)cc1N. The van der Waals surface area contributed by atoms with Gasteiger partial charge in [0.15, 0.2) is 0 Å². The number of nitrogens with one attached hydrogen (secondary N) is 3. The number of hydrogen-bond acceptors (Lipinski definition) is 6. The standard InChI is InChI=1S/C13H20N4O3/c1-15-10-7-11(16-2)9(14)6-8(10)13(19)17-5-4-12(18)20-3/h6-7,15-16H,4-5,14H2,1-3H3,(H,17,19). The van der Waals surface area contributed by atoms with Gasteiger partial charge in [0.1, 0.15) is 0 Å². The van der Waals surface area contributed by atoms with Gasteiger partial charge >= 0.3 is 5.97 Å². The molecule has 1 rings (SSSR count). The van der Waals surface area contributed by atoms with Crippen molar-refractivity contribution in [3.63, 3.8) is 0 Å². The molecular weight excluding hydrogens is 260 g/mol. The zero-order chi connectivity index (χ0) is 15.1. The fourth-order valence-corrected chi connectivity index (χ4v) is 1.70. The van der Waals surface area contributed by atoms with E-state index in [0.29, 0.717) is 16.9 Å². The molecule has 0 aromatic heterocycles. The largest absolute Gasteiger partial charge is 0.469 e. The van der Waals surface area contributed by atoms with Gasteiger partial charge in [-0.2, -0.15) is 0 Å². The maximum Gasteiger partial charge on any atom is 0.307 e. The molecule has 1 aromatic rings. The van der Waals surface area contributed by atoms with Crippen LogP contribution in [0.5, 0.6) is 0 Å². The number of amides is 1.